The van der Waals surface area contributed by atoms with E-state index in [0.29, 0.717) is 22.9 Å². The van der Waals surface area contributed by atoms with Crippen molar-refractivity contribution in [3.8, 4) is 11.5 Å². The number of para-hydroxylation sites is 2. The fraction of sp³-hybridized carbons (Fsp3) is 0.200. The van der Waals surface area contributed by atoms with Crippen LogP contribution in [0.1, 0.15) is 19.4 Å². The van der Waals surface area contributed by atoms with Crippen LogP contribution in [0.2, 0.25) is 0 Å². The Kier molecular flexibility index (Phi) is 7.53. The number of benzene rings is 3. The fourth-order valence-corrected chi connectivity index (χ4v) is 3.30. The first-order chi connectivity index (χ1) is 15.3. The van der Waals surface area contributed by atoms with Crippen LogP contribution in [0.5, 0.6) is 11.5 Å². The summed E-state index contributed by atoms with van der Waals surface area (Å²) in [5.41, 5.74) is 1.31. The Hall–Kier alpha value is -3.32. The monoisotopic (exact) mass is 496 g/mol. The number of ether oxygens (including phenoxy) is 2. The third-order valence-corrected chi connectivity index (χ3v) is 5.49. The van der Waals surface area contributed by atoms with Gasteiger partial charge in [-0.1, -0.05) is 46.3 Å². The molecule has 3 aromatic rings. The van der Waals surface area contributed by atoms with E-state index in [-0.39, 0.29) is 18.4 Å². The highest BCUT2D eigenvalue weighted by Crippen LogP contribution is 2.28. The highest BCUT2D eigenvalue weighted by atomic mass is 79.9. The molecule has 0 heterocycles. The number of rotatable bonds is 8. The Balaban J connectivity index is 1.61. The van der Waals surface area contributed by atoms with Gasteiger partial charge in [0.1, 0.15) is 0 Å². The molecule has 3 aromatic carbocycles. The molecule has 0 unspecified atom stereocenters. The highest BCUT2D eigenvalue weighted by Gasteiger charge is 2.29. The molecule has 0 aromatic heterocycles. The lowest BCUT2D eigenvalue weighted by Crippen LogP contribution is -2.34. The predicted molar refractivity (Wildman–Crippen MR) is 129 cm³/mol. The number of anilines is 2. The van der Waals surface area contributed by atoms with Crippen molar-refractivity contribution in [1.82, 2.24) is 0 Å². The molecule has 0 bridgehead atoms. The lowest BCUT2D eigenvalue weighted by atomic mass is 9.83. The lowest BCUT2D eigenvalue weighted by Gasteiger charge is -2.24. The molecule has 0 radical (unpaired) electrons. The van der Waals surface area contributed by atoms with Gasteiger partial charge in [-0.2, -0.15) is 0 Å². The molecule has 0 aliphatic carbocycles. The van der Waals surface area contributed by atoms with Crippen LogP contribution in [0.4, 0.5) is 11.4 Å². The van der Waals surface area contributed by atoms with Crippen LogP contribution < -0.4 is 20.1 Å². The van der Waals surface area contributed by atoms with E-state index in [0.717, 1.165) is 10.0 Å². The van der Waals surface area contributed by atoms with Gasteiger partial charge < -0.3 is 20.1 Å². The maximum Gasteiger partial charge on any atom is 0.262 e. The fourth-order valence-electron chi connectivity index (χ4n) is 3.04. The van der Waals surface area contributed by atoms with Crippen molar-refractivity contribution in [2.24, 2.45) is 0 Å². The van der Waals surface area contributed by atoms with E-state index in [9.17, 15) is 9.59 Å². The minimum Gasteiger partial charge on any atom is -0.493 e. The number of methoxy groups -OCH3 is 1. The first-order valence-corrected chi connectivity index (χ1v) is 10.8. The van der Waals surface area contributed by atoms with Gasteiger partial charge in [0.2, 0.25) is 5.91 Å². The Bertz CT molecular complexity index is 1100. The Morgan fingerprint density at radius 3 is 2.16 bits per heavy atom. The number of carbonyl (C=O) groups excluding carboxylic acids is 2. The number of carbonyl (C=O) groups is 2. The average molecular weight is 497 g/mol. The van der Waals surface area contributed by atoms with Crippen molar-refractivity contribution in [2.75, 3.05) is 24.4 Å². The Morgan fingerprint density at radius 1 is 0.875 bits per heavy atom. The molecular formula is C25H25BrN2O4. The molecule has 2 N–H and O–H groups in total. The van der Waals surface area contributed by atoms with Crippen molar-refractivity contribution >= 4 is 39.1 Å². The first kappa shape index (κ1) is 23.3. The molecule has 0 spiro atoms. The Morgan fingerprint density at radius 2 is 1.50 bits per heavy atom. The summed E-state index contributed by atoms with van der Waals surface area (Å²) in [6.45, 7) is 3.56. The predicted octanol–water partition coefficient (Wildman–Crippen LogP) is 5.39. The molecule has 0 aliphatic rings. The van der Waals surface area contributed by atoms with Crippen molar-refractivity contribution in [3.63, 3.8) is 0 Å². The van der Waals surface area contributed by atoms with Crippen LogP contribution in [-0.2, 0) is 15.0 Å². The molecule has 0 fully saturated rings. The number of nitrogens with one attached hydrogen (secondary N) is 2. The van der Waals surface area contributed by atoms with Crippen molar-refractivity contribution in [2.45, 2.75) is 19.3 Å². The summed E-state index contributed by atoms with van der Waals surface area (Å²) in [5.74, 6) is 0.567. The SMILES string of the molecule is COc1ccccc1OCC(=O)Nc1cccc(NC(=O)C(C)(C)c2ccc(Br)cc2)c1. The van der Waals surface area contributed by atoms with E-state index in [1.165, 1.54) is 0 Å². The summed E-state index contributed by atoms with van der Waals surface area (Å²) in [4.78, 5) is 25.3. The van der Waals surface area contributed by atoms with E-state index in [1.807, 2.05) is 44.2 Å². The third-order valence-electron chi connectivity index (χ3n) is 4.97. The van der Waals surface area contributed by atoms with E-state index in [2.05, 4.69) is 26.6 Å². The van der Waals surface area contributed by atoms with Crippen LogP contribution in [0.15, 0.2) is 77.3 Å². The molecule has 7 heteroatoms. The zero-order chi connectivity index (χ0) is 23.1. The second-order valence-corrected chi connectivity index (χ2v) is 8.57. The molecule has 0 atom stereocenters. The van der Waals surface area contributed by atoms with Crippen molar-refractivity contribution in [1.29, 1.82) is 0 Å². The second kappa shape index (κ2) is 10.3. The molecule has 166 valence electrons. The second-order valence-electron chi connectivity index (χ2n) is 7.65. The topological polar surface area (TPSA) is 76.7 Å². The molecular weight excluding hydrogens is 472 g/mol. The van der Waals surface area contributed by atoms with Crippen LogP contribution in [0.25, 0.3) is 0 Å². The summed E-state index contributed by atoms with van der Waals surface area (Å²) < 4.78 is 11.7. The molecule has 0 aliphatic heterocycles. The van der Waals surface area contributed by atoms with Crippen LogP contribution in [0, 0.1) is 0 Å². The molecule has 0 saturated carbocycles. The van der Waals surface area contributed by atoms with Gasteiger partial charge in [-0.05, 0) is 61.9 Å². The number of halogens is 1. The number of amides is 2. The molecule has 0 saturated heterocycles. The molecule has 32 heavy (non-hydrogen) atoms. The minimum atomic E-state index is -0.734. The standard InChI is InChI=1S/C25H25BrN2O4/c1-25(2,17-11-13-18(26)14-12-17)24(30)28-20-8-6-7-19(15-20)27-23(29)16-32-22-10-5-4-9-21(22)31-3/h4-15H,16H2,1-3H3,(H,27,29)(H,28,30). The van der Waals surface area contributed by atoms with Crippen molar-refractivity contribution in [3.05, 3.63) is 82.8 Å². The highest BCUT2D eigenvalue weighted by molar-refractivity contribution is 9.10. The molecule has 6 nitrogen and oxygen atoms in total. The lowest BCUT2D eigenvalue weighted by molar-refractivity contribution is -0.120. The third kappa shape index (κ3) is 5.88. The van der Waals surface area contributed by atoms with E-state index in [1.54, 1.807) is 49.6 Å². The van der Waals surface area contributed by atoms with Gasteiger partial charge in [0.25, 0.3) is 5.91 Å². The first-order valence-electron chi connectivity index (χ1n) is 10.0. The maximum atomic E-state index is 12.9. The summed E-state index contributed by atoms with van der Waals surface area (Å²) in [5, 5.41) is 5.71. The van der Waals surface area contributed by atoms with E-state index in [4.69, 9.17) is 9.47 Å². The van der Waals surface area contributed by atoms with Gasteiger partial charge >= 0.3 is 0 Å². The zero-order valence-electron chi connectivity index (χ0n) is 18.1. The van der Waals surface area contributed by atoms with Crippen molar-refractivity contribution < 1.29 is 19.1 Å². The number of hydrogen-bond acceptors (Lipinski definition) is 4. The summed E-state index contributed by atoms with van der Waals surface area (Å²) in [6.07, 6.45) is 0. The largest absolute Gasteiger partial charge is 0.493 e. The summed E-state index contributed by atoms with van der Waals surface area (Å²) in [6, 6.07) is 21.8. The van der Waals surface area contributed by atoms with Gasteiger partial charge in [-0.3, -0.25) is 9.59 Å². The smallest absolute Gasteiger partial charge is 0.262 e. The summed E-state index contributed by atoms with van der Waals surface area (Å²) in [7, 11) is 1.54. The zero-order valence-corrected chi connectivity index (χ0v) is 19.7. The Labute approximate surface area is 196 Å². The van der Waals surface area contributed by atoms with Gasteiger partial charge in [0.05, 0.1) is 12.5 Å². The van der Waals surface area contributed by atoms with E-state index < -0.39 is 5.41 Å². The van der Waals surface area contributed by atoms with Crippen LogP contribution in [-0.4, -0.2) is 25.5 Å². The van der Waals surface area contributed by atoms with Gasteiger partial charge in [-0.25, -0.2) is 0 Å². The normalized spacial score (nSPS) is 10.9. The minimum absolute atomic E-state index is 0.150. The van der Waals surface area contributed by atoms with Gasteiger partial charge in [-0.15, -0.1) is 0 Å². The summed E-state index contributed by atoms with van der Waals surface area (Å²) >= 11 is 3.41. The van der Waals surface area contributed by atoms with Gasteiger partial charge in [0.15, 0.2) is 18.1 Å². The van der Waals surface area contributed by atoms with Gasteiger partial charge in [0, 0.05) is 15.8 Å². The average Bonchev–Trinajstić information content (AvgIpc) is 2.78. The number of hydrogen-bond donors (Lipinski definition) is 2. The van der Waals surface area contributed by atoms with E-state index >= 15 is 0 Å². The van der Waals surface area contributed by atoms with Crippen LogP contribution in [0.3, 0.4) is 0 Å². The van der Waals surface area contributed by atoms with Crippen LogP contribution >= 0.6 is 15.9 Å². The molecule has 2 amide bonds. The molecule has 3 rings (SSSR count). The maximum absolute atomic E-state index is 12.9. The quantitative estimate of drug-likeness (QED) is 0.438.